The van der Waals surface area contributed by atoms with Gasteiger partial charge in [0.25, 0.3) is 0 Å². The Bertz CT molecular complexity index is 270. The molecule has 2 aliphatic rings. The summed E-state index contributed by atoms with van der Waals surface area (Å²) >= 11 is 0. The van der Waals surface area contributed by atoms with Crippen molar-refractivity contribution in [3.63, 3.8) is 0 Å². The molecule has 1 saturated heterocycles. The van der Waals surface area contributed by atoms with Crippen LogP contribution >= 0.6 is 0 Å². The van der Waals surface area contributed by atoms with Crippen molar-refractivity contribution in [1.29, 1.82) is 0 Å². The van der Waals surface area contributed by atoms with E-state index in [0.717, 1.165) is 0 Å². The Balaban J connectivity index is 2.20. The Morgan fingerprint density at radius 2 is 1.87 bits per heavy atom. The maximum absolute atomic E-state index is 11.5. The van der Waals surface area contributed by atoms with E-state index in [1.165, 1.54) is 0 Å². The van der Waals surface area contributed by atoms with E-state index >= 15 is 0 Å². The van der Waals surface area contributed by atoms with Gasteiger partial charge in [0.05, 0.1) is 12.2 Å². The number of carbonyl (C=O) groups is 1. The first-order chi connectivity index (χ1) is 6.94. The second-order valence-electron chi connectivity index (χ2n) is 4.12. The highest BCUT2D eigenvalue weighted by Gasteiger charge is 2.57. The zero-order chi connectivity index (χ0) is 11.2. The summed E-state index contributed by atoms with van der Waals surface area (Å²) in [5, 5.41) is 28.3. The van der Waals surface area contributed by atoms with Gasteiger partial charge in [0.2, 0.25) is 0 Å². The predicted molar refractivity (Wildman–Crippen MR) is 48.8 cm³/mol. The lowest BCUT2D eigenvalue weighted by atomic mass is 9.79. The largest absolute Gasteiger partial charge is 0.524 e. The van der Waals surface area contributed by atoms with Crippen LogP contribution in [0.5, 0.6) is 0 Å². The molecule has 0 aromatic carbocycles. The summed E-state index contributed by atoms with van der Waals surface area (Å²) in [6.45, 7) is 1.57. The van der Waals surface area contributed by atoms with Gasteiger partial charge >= 0.3 is 13.1 Å². The molecule has 1 aliphatic carbocycles. The van der Waals surface area contributed by atoms with Crippen LogP contribution in [-0.2, 0) is 14.1 Å². The predicted octanol–water partition coefficient (Wildman–Crippen LogP) is -1.71. The van der Waals surface area contributed by atoms with Gasteiger partial charge in [-0.15, -0.1) is 0 Å². The fourth-order valence-corrected chi connectivity index (χ4v) is 2.17. The van der Waals surface area contributed by atoms with Crippen molar-refractivity contribution in [2.24, 2.45) is 0 Å². The number of aliphatic hydroxyl groups excluding tert-OH is 3. The molecule has 6 nitrogen and oxygen atoms in total. The monoisotopic (exact) mass is 216 g/mol. The molecule has 0 radical (unpaired) electrons. The van der Waals surface area contributed by atoms with Crippen LogP contribution in [-0.4, -0.2) is 52.3 Å². The average molecular weight is 216 g/mol. The molecule has 84 valence electrons. The van der Waals surface area contributed by atoms with Crippen LogP contribution in [0.2, 0.25) is 6.82 Å². The highest BCUT2D eigenvalue weighted by Crippen LogP contribution is 2.37. The highest BCUT2D eigenvalue weighted by molar-refractivity contribution is 6.47. The fraction of sp³-hybridized carbons (Fsp3) is 0.875. The zero-order valence-corrected chi connectivity index (χ0v) is 8.29. The standard InChI is InChI=1S/C8H13BO6/c1-9-14-7(13)8(15-9)2-4(10)6(12)5(11)3-8/h4-6,10-12H,2-3H2,1H3/t4-,5-,6-,8+/m1/s1. The Morgan fingerprint density at radius 3 is 2.27 bits per heavy atom. The summed E-state index contributed by atoms with van der Waals surface area (Å²) in [7, 11) is -0.674. The molecule has 3 N–H and O–H groups in total. The maximum Gasteiger partial charge on any atom is 0.524 e. The van der Waals surface area contributed by atoms with Gasteiger partial charge in [-0.25, -0.2) is 0 Å². The van der Waals surface area contributed by atoms with Crippen molar-refractivity contribution < 1.29 is 29.4 Å². The first-order valence-electron chi connectivity index (χ1n) is 4.88. The third-order valence-corrected chi connectivity index (χ3v) is 2.90. The zero-order valence-electron chi connectivity index (χ0n) is 8.29. The van der Waals surface area contributed by atoms with E-state index in [2.05, 4.69) is 0 Å². The lowest BCUT2D eigenvalue weighted by molar-refractivity contribution is -0.167. The van der Waals surface area contributed by atoms with E-state index in [9.17, 15) is 20.1 Å². The second kappa shape index (κ2) is 3.45. The summed E-state index contributed by atoms with van der Waals surface area (Å²) in [6, 6.07) is 0. The van der Waals surface area contributed by atoms with Gasteiger partial charge in [-0.1, -0.05) is 0 Å². The number of hydrogen-bond acceptors (Lipinski definition) is 6. The Hall–Kier alpha value is -0.625. The van der Waals surface area contributed by atoms with Crippen molar-refractivity contribution in [1.82, 2.24) is 0 Å². The minimum atomic E-state index is -1.29. The quantitative estimate of drug-likeness (QED) is 0.417. The molecule has 1 aliphatic heterocycles. The van der Waals surface area contributed by atoms with Gasteiger partial charge < -0.3 is 24.6 Å². The maximum atomic E-state index is 11.5. The third-order valence-electron chi connectivity index (χ3n) is 2.90. The van der Waals surface area contributed by atoms with E-state index in [4.69, 9.17) is 9.31 Å². The van der Waals surface area contributed by atoms with E-state index in [-0.39, 0.29) is 12.8 Å². The van der Waals surface area contributed by atoms with Crippen LogP contribution in [0.3, 0.4) is 0 Å². The van der Waals surface area contributed by atoms with E-state index in [0.29, 0.717) is 0 Å². The van der Waals surface area contributed by atoms with Crippen molar-refractivity contribution in [2.75, 3.05) is 0 Å². The smallest absolute Gasteiger partial charge is 0.508 e. The van der Waals surface area contributed by atoms with Crippen molar-refractivity contribution >= 4 is 13.1 Å². The topological polar surface area (TPSA) is 96.2 Å². The molecule has 1 spiro atoms. The van der Waals surface area contributed by atoms with E-state index in [1.807, 2.05) is 0 Å². The van der Waals surface area contributed by atoms with Crippen LogP contribution in [0.25, 0.3) is 0 Å². The normalized spacial score (nSPS) is 46.0. The van der Waals surface area contributed by atoms with E-state index in [1.54, 1.807) is 6.82 Å². The fourth-order valence-electron chi connectivity index (χ4n) is 2.17. The summed E-state index contributed by atoms with van der Waals surface area (Å²) in [6.07, 6.45) is -3.68. The van der Waals surface area contributed by atoms with Gasteiger partial charge in [-0.2, -0.15) is 0 Å². The van der Waals surface area contributed by atoms with E-state index < -0.39 is 37.0 Å². The van der Waals surface area contributed by atoms with Crippen molar-refractivity contribution in [3.05, 3.63) is 0 Å². The summed E-state index contributed by atoms with van der Waals surface area (Å²) < 4.78 is 10.1. The molecular formula is C8H13BO6. The molecule has 0 aromatic heterocycles. The average Bonchev–Trinajstić information content (AvgIpc) is 2.38. The number of rotatable bonds is 0. The number of aliphatic hydroxyl groups is 3. The molecule has 2 atom stereocenters. The minimum Gasteiger partial charge on any atom is -0.508 e. The van der Waals surface area contributed by atoms with Crippen LogP contribution in [0.15, 0.2) is 0 Å². The molecule has 2 fully saturated rings. The van der Waals surface area contributed by atoms with Gasteiger partial charge in [0.1, 0.15) is 6.10 Å². The summed E-state index contributed by atoms with van der Waals surface area (Å²) in [4.78, 5) is 11.5. The molecular weight excluding hydrogens is 203 g/mol. The van der Waals surface area contributed by atoms with Gasteiger partial charge in [-0.05, 0) is 6.82 Å². The second-order valence-corrected chi connectivity index (χ2v) is 4.12. The van der Waals surface area contributed by atoms with Crippen LogP contribution in [0, 0.1) is 0 Å². The Kier molecular flexibility index (Phi) is 2.50. The van der Waals surface area contributed by atoms with Crippen LogP contribution < -0.4 is 0 Å². The summed E-state index contributed by atoms with van der Waals surface area (Å²) in [5.74, 6) is -0.583. The molecule has 0 bridgehead atoms. The van der Waals surface area contributed by atoms with Crippen LogP contribution in [0.4, 0.5) is 0 Å². The first-order valence-corrected chi connectivity index (χ1v) is 4.88. The summed E-state index contributed by atoms with van der Waals surface area (Å²) in [5.41, 5.74) is -1.29. The molecule has 0 unspecified atom stereocenters. The van der Waals surface area contributed by atoms with Crippen molar-refractivity contribution in [2.45, 2.75) is 43.6 Å². The Labute approximate surface area is 86.9 Å². The molecule has 1 saturated carbocycles. The molecule has 15 heavy (non-hydrogen) atoms. The Morgan fingerprint density at radius 1 is 1.33 bits per heavy atom. The third kappa shape index (κ3) is 1.65. The number of hydrogen-bond donors (Lipinski definition) is 3. The molecule has 7 heteroatoms. The van der Waals surface area contributed by atoms with Gasteiger partial charge in [-0.3, -0.25) is 4.79 Å². The molecule has 0 aromatic rings. The van der Waals surface area contributed by atoms with Gasteiger partial charge in [0.15, 0.2) is 5.60 Å². The lowest BCUT2D eigenvalue weighted by Crippen LogP contribution is -2.55. The SMILES string of the molecule is CB1OC(=O)[C@]2(C[C@@H](O)[C@H](O)[C@H](O)C2)O1. The molecule has 0 amide bonds. The van der Waals surface area contributed by atoms with Gasteiger partial charge in [0, 0.05) is 12.8 Å². The number of carbonyl (C=O) groups excluding carboxylic acids is 1. The van der Waals surface area contributed by atoms with Crippen molar-refractivity contribution in [3.8, 4) is 0 Å². The highest BCUT2D eigenvalue weighted by atomic mass is 16.7. The molecule has 2 rings (SSSR count). The molecule has 1 heterocycles. The minimum absolute atomic E-state index is 0.0472. The lowest BCUT2D eigenvalue weighted by Gasteiger charge is -2.38. The van der Waals surface area contributed by atoms with Crippen LogP contribution in [0.1, 0.15) is 12.8 Å². The first kappa shape index (κ1) is 10.9.